The standard InChI is InChI=1S/C12H13BrN6/c13-9-4-2-1-3-8(9)7-18-5-6-19-11(10(18)14)16-17-12(19)15/h1-6,10H,7,14H2,(H2,15,17). The summed E-state index contributed by atoms with van der Waals surface area (Å²) in [5.41, 5.74) is 13.0. The van der Waals surface area contributed by atoms with E-state index in [1.54, 1.807) is 4.57 Å². The zero-order valence-electron chi connectivity index (χ0n) is 10.1. The van der Waals surface area contributed by atoms with Gasteiger partial charge in [0, 0.05) is 23.4 Å². The molecule has 7 heteroatoms. The fourth-order valence-corrected chi connectivity index (χ4v) is 2.45. The number of nitrogens with zero attached hydrogens (tertiary/aromatic N) is 4. The van der Waals surface area contributed by atoms with E-state index in [1.807, 2.05) is 35.5 Å². The number of nitrogen functional groups attached to an aromatic ring is 1. The Balaban J connectivity index is 1.87. The first-order valence-corrected chi connectivity index (χ1v) is 6.59. The number of aromatic nitrogens is 3. The van der Waals surface area contributed by atoms with Crippen molar-refractivity contribution in [3.8, 4) is 0 Å². The minimum atomic E-state index is -0.359. The SMILES string of the molecule is Nc1nnc2n1C=CN(Cc1ccccc1Br)C2N. The molecule has 1 aromatic heterocycles. The number of nitrogens with two attached hydrogens (primary N) is 2. The van der Waals surface area contributed by atoms with Crippen LogP contribution < -0.4 is 11.5 Å². The highest BCUT2D eigenvalue weighted by atomic mass is 79.9. The van der Waals surface area contributed by atoms with Crippen LogP contribution in [-0.2, 0) is 6.54 Å². The van der Waals surface area contributed by atoms with Gasteiger partial charge in [-0.05, 0) is 11.6 Å². The van der Waals surface area contributed by atoms with Gasteiger partial charge in [-0.3, -0.25) is 4.57 Å². The Bertz CT molecular complexity index is 635. The lowest BCUT2D eigenvalue weighted by molar-refractivity contribution is 0.258. The van der Waals surface area contributed by atoms with Crippen molar-refractivity contribution in [2.45, 2.75) is 12.7 Å². The summed E-state index contributed by atoms with van der Waals surface area (Å²) in [5, 5.41) is 7.84. The van der Waals surface area contributed by atoms with Crippen molar-refractivity contribution < 1.29 is 0 Å². The molecule has 98 valence electrons. The molecule has 1 aliphatic rings. The molecule has 2 heterocycles. The summed E-state index contributed by atoms with van der Waals surface area (Å²) in [4.78, 5) is 1.99. The number of anilines is 1. The topological polar surface area (TPSA) is 86.0 Å². The Labute approximate surface area is 118 Å². The zero-order chi connectivity index (χ0) is 13.4. The van der Waals surface area contributed by atoms with E-state index in [-0.39, 0.29) is 6.17 Å². The summed E-state index contributed by atoms with van der Waals surface area (Å²) in [6, 6.07) is 8.05. The van der Waals surface area contributed by atoms with Crippen molar-refractivity contribution >= 4 is 28.1 Å². The molecule has 2 aromatic rings. The van der Waals surface area contributed by atoms with Crippen molar-refractivity contribution in [3.63, 3.8) is 0 Å². The highest BCUT2D eigenvalue weighted by Gasteiger charge is 2.24. The third kappa shape index (κ3) is 2.11. The van der Waals surface area contributed by atoms with Gasteiger partial charge in [0.1, 0.15) is 6.17 Å². The molecule has 0 aliphatic carbocycles. The van der Waals surface area contributed by atoms with Gasteiger partial charge in [0.05, 0.1) is 0 Å². The van der Waals surface area contributed by atoms with Crippen LogP contribution in [0, 0.1) is 0 Å². The highest BCUT2D eigenvalue weighted by Crippen LogP contribution is 2.26. The van der Waals surface area contributed by atoms with Crippen LogP contribution in [-0.4, -0.2) is 19.7 Å². The Hall–Kier alpha value is -1.86. The molecular formula is C12H13BrN6. The van der Waals surface area contributed by atoms with Gasteiger partial charge >= 0.3 is 0 Å². The normalized spacial score (nSPS) is 17.6. The van der Waals surface area contributed by atoms with Crippen molar-refractivity contribution in [2.75, 3.05) is 5.73 Å². The van der Waals surface area contributed by atoms with Crippen molar-refractivity contribution in [1.29, 1.82) is 0 Å². The number of fused-ring (bicyclic) bond motifs is 1. The first-order valence-electron chi connectivity index (χ1n) is 5.80. The van der Waals surface area contributed by atoms with Crippen molar-refractivity contribution in [1.82, 2.24) is 19.7 Å². The molecule has 0 spiro atoms. The second kappa shape index (κ2) is 4.67. The predicted octanol–water partition coefficient (Wildman–Crippen LogP) is 1.52. The highest BCUT2D eigenvalue weighted by molar-refractivity contribution is 9.10. The third-order valence-electron chi connectivity index (χ3n) is 3.09. The number of hydrogen-bond acceptors (Lipinski definition) is 5. The van der Waals surface area contributed by atoms with Crippen LogP contribution in [0.15, 0.2) is 34.9 Å². The van der Waals surface area contributed by atoms with Gasteiger partial charge in [0.25, 0.3) is 0 Å². The number of hydrogen-bond donors (Lipinski definition) is 2. The summed E-state index contributed by atoms with van der Waals surface area (Å²) >= 11 is 3.53. The maximum absolute atomic E-state index is 6.18. The Morgan fingerprint density at radius 3 is 2.79 bits per heavy atom. The molecule has 0 amide bonds. The molecule has 0 saturated carbocycles. The fraction of sp³-hybridized carbons (Fsp3) is 0.167. The number of halogens is 1. The summed E-state index contributed by atoms with van der Waals surface area (Å²) < 4.78 is 2.75. The van der Waals surface area contributed by atoms with Crippen molar-refractivity contribution in [2.24, 2.45) is 5.73 Å². The van der Waals surface area contributed by atoms with E-state index in [0.717, 1.165) is 10.0 Å². The van der Waals surface area contributed by atoms with Gasteiger partial charge in [-0.2, -0.15) is 0 Å². The minimum Gasteiger partial charge on any atom is -0.368 e. The van der Waals surface area contributed by atoms with Crippen LogP contribution in [0.2, 0.25) is 0 Å². The van der Waals surface area contributed by atoms with E-state index in [0.29, 0.717) is 18.3 Å². The third-order valence-corrected chi connectivity index (χ3v) is 3.86. The molecule has 0 radical (unpaired) electrons. The first kappa shape index (κ1) is 12.2. The average molecular weight is 321 g/mol. The van der Waals surface area contributed by atoms with Crippen LogP contribution in [0.25, 0.3) is 6.20 Å². The second-order valence-corrected chi connectivity index (χ2v) is 5.15. The molecule has 19 heavy (non-hydrogen) atoms. The van der Waals surface area contributed by atoms with Gasteiger partial charge in [0.15, 0.2) is 5.82 Å². The maximum atomic E-state index is 6.18. The molecular weight excluding hydrogens is 308 g/mol. The molecule has 1 aliphatic heterocycles. The fourth-order valence-electron chi connectivity index (χ4n) is 2.04. The molecule has 1 aromatic carbocycles. The van der Waals surface area contributed by atoms with E-state index in [4.69, 9.17) is 11.5 Å². The van der Waals surface area contributed by atoms with E-state index in [1.165, 1.54) is 0 Å². The van der Waals surface area contributed by atoms with E-state index < -0.39 is 0 Å². The van der Waals surface area contributed by atoms with E-state index >= 15 is 0 Å². The molecule has 3 rings (SSSR count). The quantitative estimate of drug-likeness (QED) is 0.876. The zero-order valence-corrected chi connectivity index (χ0v) is 11.7. The average Bonchev–Trinajstić information content (AvgIpc) is 2.78. The number of rotatable bonds is 2. The minimum absolute atomic E-state index is 0.349. The summed E-state index contributed by atoms with van der Waals surface area (Å²) in [6.45, 7) is 0.686. The summed E-state index contributed by atoms with van der Waals surface area (Å²) in [5.74, 6) is 0.995. The molecule has 6 nitrogen and oxygen atoms in total. The molecule has 1 atom stereocenters. The molecule has 1 unspecified atom stereocenters. The summed E-state index contributed by atoms with van der Waals surface area (Å²) in [7, 11) is 0. The van der Waals surface area contributed by atoms with Gasteiger partial charge in [0.2, 0.25) is 5.95 Å². The first-order chi connectivity index (χ1) is 9.16. The van der Waals surface area contributed by atoms with Gasteiger partial charge in [-0.15, -0.1) is 10.2 Å². The van der Waals surface area contributed by atoms with Gasteiger partial charge in [-0.1, -0.05) is 34.1 Å². The van der Waals surface area contributed by atoms with Gasteiger partial charge < -0.3 is 16.4 Å². The van der Waals surface area contributed by atoms with Crippen LogP contribution in [0.5, 0.6) is 0 Å². The van der Waals surface area contributed by atoms with Crippen LogP contribution >= 0.6 is 15.9 Å². The van der Waals surface area contributed by atoms with Crippen molar-refractivity contribution in [3.05, 3.63) is 46.3 Å². The molecule has 0 bridgehead atoms. The Morgan fingerprint density at radius 2 is 2.00 bits per heavy atom. The Kier molecular flexibility index (Phi) is 3.00. The predicted molar refractivity (Wildman–Crippen MR) is 76.4 cm³/mol. The smallest absolute Gasteiger partial charge is 0.226 e. The van der Waals surface area contributed by atoms with Crippen LogP contribution in [0.4, 0.5) is 5.95 Å². The second-order valence-electron chi connectivity index (χ2n) is 4.29. The monoisotopic (exact) mass is 320 g/mol. The molecule has 4 N–H and O–H groups in total. The Morgan fingerprint density at radius 1 is 1.21 bits per heavy atom. The largest absolute Gasteiger partial charge is 0.368 e. The summed E-state index contributed by atoms with van der Waals surface area (Å²) in [6.07, 6.45) is 3.36. The van der Waals surface area contributed by atoms with Crippen LogP contribution in [0.1, 0.15) is 17.6 Å². The van der Waals surface area contributed by atoms with Crippen LogP contribution in [0.3, 0.4) is 0 Å². The number of benzene rings is 1. The molecule has 0 fully saturated rings. The lowest BCUT2D eigenvalue weighted by atomic mass is 10.2. The molecule has 0 saturated heterocycles. The van der Waals surface area contributed by atoms with E-state index in [9.17, 15) is 0 Å². The van der Waals surface area contributed by atoms with E-state index in [2.05, 4.69) is 32.2 Å². The maximum Gasteiger partial charge on any atom is 0.226 e. The lowest BCUT2D eigenvalue weighted by Crippen LogP contribution is -2.34. The van der Waals surface area contributed by atoms with Gasteiger partial charge in [-0.25, -0.2) is 0 Å². The lowest BCUT2D eigenvalue weighted by Gasteiger charge is -2.30.